The van der Waals surface area contributed by atoms with Gasteiger partial charge in [0.05, 0.1) is 11.4 Å². The molecule has 96 valence electrons. The van der Waals surface area contributed by atoms with Gasteiger partial charge in [-0.3, -0.25) is 0 Å². The molecule has 3 N–H and O–H groups in total. The molecule has 0 fully saturated rings. The third-order valence-corrected chi connectivity index (χ3v) is 3.11. The fourth-order valence-electron chi connectivity index (χ4n) is 2.00. The van der Waals surface area contributed by atoms with Crippen LogP contribution in [0.15, 0.2) is 35.0 Å². The quantitative estimate of drug-likeness (QED) is 0.687. The van der Waals surface area contributed by atoms with E-state index < -0.39 is 0 Å². The monoisotopic (exact) mass is 254 g/mol. The Morgan fingerprint density at radius 3 is 2.63 bits per heavy atom. The van der Waals surface area contributed by atoms with Crippen LogP contribution in [0.2, 0.25) is 0 Å². The van der Waals surface area contributed by atoms with Crippen LogP contribution < -0.4 is 11.1 Å². The van der Waals surface area contributed by atoms with E-state index >= 15 is 0 Å². The molecule has 0 saturated heterocycles. The lowest BCUT2D eigenvalue weighted by Crippen LogP contribution is -1.96. The summed E-state index contributed by atoms with van der Waals surface area (Å²) >= 11 is 0. The van der Waals surface area contributed by atoms with E-state index in [1.54, 1.807) is 6.07 Å². The van der Waals surface area contributed by atoms with E-state index in [4.69, 9.17) is 10.4 Å². The highest BCUT2D eigenvalue weighted by Crippen LogP contribution is 2.29. The zero-order valence-electron chi connectivity index (χ0n) is 10.8. The van der Waals surface area contributed by atoms with Crippen LogP contribution in [0, 0.1) is 13.8 Å². The van der Waals surface area contributed by atoms with Gasteiger partial charge >= 0.3 is 0 Å². The van der Waals surface area contributed by atoms with Crippen LogP contribution in [0.3, 0.4) is 0 Å². The molecule has 2 aromatic carbocycles. The van der Waals surface area contributed by atoms with Gasteiger partial charge in [-0.05, 0) is 53.5 Å². The molecule has 1 aromatic heterocycles. The van der Waals surface area contributed by atoms with Crippen LogP contribution in [-0.4, -0.2) is 10.3 Å². The van der Waals surface area contributed by atoms with Crippen LogP contribution in [0.1, 0.15) is 11.1 Å². The molecule has 0 aliphatic carbocycles. The van der Waals surface area contributed by atoms with Gasteiger partial charge in [-0.25, -0.2) is 4.63 Å². The molecule has 0 atom stereocenters. The Morgan fingerprint density at radius 1 is 1.00 bits per heavy atom. The Labute approximate surface area is 110 Å². The van der Waals surface area contributed by atoms with Gasteiger partial charge in [0.15, 0.2) is 11.0 Å². The number of anilines is 3. The highest BCUT2D eigenvalue weighted by Gasteiger charge is 2.10. The van der Waals surface area contributed by atoms with Gasteiger partial charge in [0.25, 0.3) is 0 Å². The van der Waals surface area contributed by atoms with Crippen molar-refractivity contribution in [2.45, 2.75) is 13.8 Å². The fraction of sp³-hybridized carbons (Fsp3) is 0.143. The summed E-state index contributed by atoms with van der Waals surface area (Å²) in [6.07, 6.45) is 0. The Morgan fingerprint density at radius 2 is 1.79 bits per heavy atom. The summed E-state index contributed by atoms with van der Waals surface area (Å²) in [6.45, 7) is 4.11. The van der Waals surface area contributed by atoms with Crippen molar-refractivity contribution >= 4 is 28.1 Å². The second-order valence-corrected chi connectivity index (χ2v) is 4.61. The predicted molar refractivity (Wildman–Crippen MR) is 75.4 cm³/mol. The SMILES string of the molecule is Cc1ccc(C)c(Nc2ccc(N)c3nonc23)c1. The van der Waals surface area contributed by atoms with Crippen LogP contribution >= 0.6 is 0 Å². The maximum atomic E-state index is 5.83. The molecule has 0 amide bonds. The summed E-state index contributed by atoms with van der Waals surface area (Å²) in [5.74, 6) is 0. The van der Waals surface area contributed by atoms with Crippen molar-refractivity contribution in [1.82, 2.24) is 10.3 Å². The Balaban J connectivity index is 2.08. The summed E-state index contributed by atoms with van der Waals surface area (Å²) in [5.41, 5.74) is 11.8. The van der Waals surface area contributed by atoms with E-state index in [0.29, 0.717) is 16.7 Å². The summed E-state index contributed by atoms with van der Waals surface area (Å²) in [6, 6.07) is 9.92. The molecule has 5 nitrogen and oxygen atoms in total. The average molecular weight is 254 g/mol. The van der Waals surface area contributed by atoms with Gasteiger partial charge in [0.2, 0.25) is 0 Å². The molecule has 0 aliphatic rings. The smallest absolute Gasteiger partial charge is 0.160 e. The number of aromatic nitrogens is 2. The average Bonchev–Trinajstić information content (AvgIpc) is 2.87. The molecule has 5 heteroatoms. The van der Waals surface area contributed by atoms with E-state index in [-0.39, 0.29) is 0 Å². The minimum Gasteiger partial charge on any atom is -0.397 e. The Bertz CT molecular complexity index is 748. The lowest BCUT2D eigenvalue weighted by atomic mass is 10.1. The minimum absolute atomic E-state index is 0.558. The number of hydrogen-bond donors (Lipinski definition) is 2. The number of rotatable bonds is 2. The normalized spacial score (nSPS) is 10.8. The first-order valence-corrected chi connectivity index (χ1v) is 6.00. The molecule has 1 heterocycles. The highest BCUT2D eigenvalue weighted by atomic mass is 16.6. The van der Waals surface area contributed by atoms with Crippen LogP contribution in [0.25, 0.3) is 11.0 Å². The summed E-state index contributed by atoms with van der Waals surface area (Å²) in [5, 5.41) is 11.1. The number of nitrogens with two attached hydrogens (primary N) is 1. The van der Waals surface area contributed by atoms with E-state index in [1.165, 1.54) is 5.56 Å². The van der Waals surface area contributed by atoms with Gasteiger partial charge < -0.3 is 11.1 Å². The van der Waals surface area contributed by atoms with Gasteiger partial charge in [0.1, 0.15) is 0 Å². The van der Waals surface area contributed by atoms with Crippen molar-refractivity contribution in [3.63, 3.8) is 0 Å². The summed E-state index contributed by atoms with van der Waals surface area (Å²) in [7, 11) is 0. The minimum atomic E-state index is 0.558. The number of fused-ring (bicyclic) bond motifs is 1. The van der Waals surface area contributed by atoms with Crippen LogP contribution in [0.5, 0.6) is 0 Å². The van der Waals surface area contributed by atoms with Crippen molar-refractivity contribution in [2.24, 2.45) is 0 Å². The van der Waals surface area contributed by atoms with Gasteiger partial charge in [0, 0.05) is 5.69 Å². The van der Waals surface area contributed by atoms with Crippen LogP contribution in [-0.2, 0) is 0 Å². The molecule has 0 aliphatic heterocycles. The Kier molecular flexibility index (Phi) is 2.59. The Hall–Kier alpha value is -2.56. The molecule has 0 bridgehead atoms. The molecular weight excluding hydrogens is 240 g/mol. The maximum absolute atomic E-state index is 5.83. The molecule has 19 heavy (non-hydrogen) atoms. The third kappa shape index (κ3) is 1.99. The van der Waals surface area contributed by atoms with Gasteiger partial charge in [-0.1, -0.05) is 12.1 Å². The zero-order valence-corrected chi connectivity index (χ0v) is 10.8. The van der Waals surface area contributed by atoms with E-state index in [2.05, 4.69) is 47.7 Å². The number of nitrogens with zero attached hydrogens (tertiary/aromatic N) is 2. The van der Waals surface area contributed by atoms with Gasteiger partial charge in [-0.2, -0.15) is 0 Å². The molecule has 0 spiro atoms. The first-order chi connectivity index (χ1) is 9.15. The lowest BCUT2D eigenvalue weighted by molar-refractivity contribution is 0.316. The molecule has 0 radical (unpaired) electrons. The number of nitrogens with one attached hydrogen (secondary N) is 1. The summed E-state index contributed by atoms with van der Waals surface area (Å²) < 4.78 is 4.76. The number of nitrogen functional groups attached to an aromatic ring is 1. The van der Waals surface area contributed by atoms with Crippen LogP contribution in [0.4, 0.5) is 17.1 Å². The first-order valence-electron chi connectivity index (χ1n) is 6.00. The molecule has 3 rings (SSSR count). The van der Waals surface area contributed by atoms with Crippen molar-refractivity contribution in [3.05, 3.63) is 41.5 Å². The lowest BCUT2D eigenvalue weighted by Gasteiger charge is -2.10. The number of hydrogen-bond acceptors (Lipinski definition) is 5. The molecule has 0 unspecified atom stereocenters. The second-order valence-electron chi connectivity index (χ2n) is 4.61. The summed E-state index contributed by atoms with van der Waals surface area (Å²) in [4.78, 5) is 0. The van der Waals surface area contributed by atoms with Gasteiger partial charge in [-0.15, -0.1) is 0 Å². The zero-order chi connectivity index (χ0) is 13.4. The largest absolute Gasteiger partial charge is 0.397 e. The maximum Gasteiger partial charge on any atom is 0.160 e. The first kappa shape index (κ1) is 11.5. The highest BCUT2D eigenvalue weighted by molar-refractivity contribution is 5.96. The fourth-order valence-corrected chi connectivity index (χ4v) is 2.00. The van der Waals surface area contributed by atoms with Crippen molar-refractivity contribution in [2.75, 3.05) is 11.1 Å². The van der Waals surface area contributed by atoms with Crippen molar-refractivity contribution < 1.29 is 4.63 Å². The third-order valence-electron chi connectivity index (χ3n) is 3.11. The number of aryl methyl sites for hydroxylation is 2. The topological polar surface area (TPSA) is 77.0 Å². The predicted octanol–water partition coefficient (Wildman–Crippen LogP) is 3.17. The van der Waals surface area contributed by atoms with E-state index in [9.17, 15) is 0 Å². The molecule has 3 aromatic rings. The van der Waals surface area contributed by atoms with Crippen molar-refractivity contribution in [1.29, 1.82) is 0 Å². The second kappa shape index (κ2) is 4.28. The van der Waals surface area contributed by atoms with E-state index in [0.717, 1.165) is 16.9 Å². The van der Waals surface area contributed by atoms with Crippen molar-refractivity contribution in [3.8, 4) is 0 Å². The molecule has 0 saturated carbocycles. The van der Waals surface area contributed by atoms with E-state index in [1.807, 2.05) is 6.07 Å². The number of benzene rings is 2. The standard InChI is InChI=1S/C14H14N4O/c1-8-3-4-9(2)12(7-8)16-11-6-5-10(15)13-14(11)18-19-17-13/h3-7,16H,15H2,1-2H3. The molecular formula is C14H14N4O.